The number of nitrogens with zero attached hydrogens (tertiary/aromatic N) is 1. The Morgan fingerprint density at radius 1 is 1.55 bits per heavy atom. The molecule has 7 nitrogen and oxygen atoms in total. The lowest BCUT2D eigenvalue weighted by Crippen LogP contribution is -2.53. The van der Waals surface area contributed by atoms with Gasteiger partial charge in [-0.1, -0.05) is 0 Å². The first-order valence-electron chi connectivity index (χ1n) is 6.70. The van der Waals surface area contributed by atoms with Gasteiger partial charge < -0.3 is 15.1 Å². The minimum absolute atomic E-state index is 0.233. The second-order valence-corrected chi connectivity index (χ2v) is 4.83. The molecular weight excluding hydrogens is 260 g/mol. The normalized spacial score (nSPS) is 19.6. The number of nitrogens with one attached hydrogen (secondary N) is 3. The van der Waals surface area contributed by atoms with Gasteiger partial charge >= 0.3 is 6.03 Å². The van der Waals surface area contributed by atoms with Gasteiger partial charge in [0.1, 0.15) is 5.76 Å². The van der Waals surface area contributed by atoms with Crippen LogP contribution in [0.4, 0.5) is 4.79 Å². The van der Waals surface area contributed by atoms with Crippen LogP contribution in [0.3, 0.4) is 0 Å². The van der Waals surface area contributed by atoms with Crippen LogP contribution in [0.5, 0.6) is 0 Å². The second-order valence-electron chi connectivity index (χ2n) is 4.83. The van der Waals surface area contributed by atoms with Gasteiger partial charge in [0.15, 0.2) is 0 Å². The topological polar surface area (TPSA) is 86.6 Å². The summed E-state index contributed by atoms with van der Waals surface area (Å²) in [5.41, 5.74) is 0. The Balaban J connectivity index is 1.69. The molecule has 1 aliphatic heterocycles. The maximum Gasteiger partial charge on any atom is 0.321 e. The lowest BCUT2D eigenvalue weighted by atomic mass is 10.2. The fourth-order valence-electron chi connectivity index (χ4n) is 2.09. The number of hydrogen-bond donors (Lipinski definition) is 3. The molecule has 3 amide bonds. The summed E-state index contributed by atoms with van der Waals surface area (Å²) in [6, 6.07) is 3.28. The molecule has 0 aliphatic carbocycles. The van der Waals surface area contributed by atoms with E-state index in [2.05, 4.69) is 22.9 Å². The third-order valence-electron chi connectivity index (χ3n) is 3.24. The van der Waals surface area contributed by atoms with Crippen LogP contribution in [0.25, 0.3) is 0 Å². The molecule has 1 aromatic rings. The van der Waals surface area contributed by atoms with Crippen LogP contribution in [0.2, 0.25) is 0 Å². The number of furan rings is 1. The summed E-state index contributed by atoms with van der Waals surface area (Å²) in [5.74, 6) is 0.346. The smallest absolute Gasteiger partial charge is 0.321 e. The van der Waals surface area contributed by atoms with Crippen LogP contribution >= 0.6 is 0 Å². The van der Waals surface area contributed by atoms with Crippen molar-refractivity contribution >= 4 is 11.9 Å². The van der Waals surface area contributed by atoms with Gasteiger partial charge in [-0.15, -0.1) is 0 Å². The van der Waals surface area contributed by atoms with Crippen molar-refractivity contribution in [3.8, 4) is 0 Å². The Morgan fingerprint density at radius 3 is 3.10 bits per heavy atom. The first-order chi connectivity index (χ1) is 9.65. The van der Waals surface area contributed by atoms with E-state index in [9.17, 15) is 9.59 Å². The van der Waals surface area contributed by atoms with Gasteiger partial charge in [0.05, 0.1) is 19.4 Å². The van der Waals surface area contributed by atoms with E-state index in [0.717, 1.165) is 19.6 Å². The maximum absolute atomic E-state index is 11.8. The van der Waals surface area contributed by atoms with Crippen LogP contribution in [-0.4, -0.2) is 49.1 Å². The monoisotopic (exact) mass is 280 g/mol. The fraction of sp³-hybridized carbons (Fsp3) is 0.538. The van der Waals surface area contributed by atoms with E-state index < -0.39 is 6.03 Å². The number of urea groups is 1. The predicted molar refractivity (Wildman–Crippen MR) is 73.0 cm³/mol. The molecule has 0 aromatic carbocycles. The van der Waals surface area contributed by atoms with Crippen LogP contribution in [-0.2, 0) is 11.3 Å². The Labute approximate surface area is 117 Å². The molecule has 3 N–H and O–H groups in total. The molecule has 7 heteroatoms. The average molecular weight is 280 g/mol. The first-order valence-corrected chi connectivity index (χ1v) is 6.70. The SMILES string of the molecule is CC1CNCCN1CC(=O)NC(=O)NCc1ccco1. The van der Waals surface area contributed by atoms with Gasteiger partial charge in [-0.05, 0) is 19.1 Å². The summed E-state index contributed by atoms with van der Waals surface area (Å²) in [6.45, 7) is 5.08. The van der Waals surface area contributed by atoms with Crippen LogP contribution in [0.15, 0.2) is 22.8 Å². The maximum atomic E-state index is 11.8. The lowest BCUT2D eigenvalue weighted by molar-refractivity contribution is -0.121. The van der Waals surface area contributed by atoms with Crippen molar-refractivity contribution in [2.75, 3.05) is 26.2 Å². The summed E-state index contributed by atoms with van der Waals surface area (Å²) in [5, 5.41) is 8.14. The van der Waals surface area contributed by atoms with E-state index in [1.807, 2.05) is 4.90 Å². The Bertz CT molecular complexity index is 446. The van der Waals surface area contributed by atoms with Crippen molar-refractivity contribution in [3.63, 3.8) is 0 Å². The van der Waals surface area contributed by atoms with Gasteiger partial charge in [-0.25, -0.2) is 4.79 Å². The number of amides is 3. The standard InChI is InChI=1S/C13H20N4O3/c1-10-7-14-4-5-17(10)9-12(18)16-13(19)15-8-11-3-2-6-20-11/h2-3,6,10,14H,4-5,7-9H2,1H3,(H2,15,16,18,19). The highest BCUT2D eigenvalue weighted by Crippen LogP contribution is 2.01. The summed E-state index contributed by atoms with van der Waals surface area (Å²) >= 11 is 0. The van der Waals surface area contributed by atoms with Gasteiger partial charge in [0, 0.05) is 25.7 Å². The molecule has 1 saturated heterocycles. The molecule has 0 spiro atoms. The van der Waals surface area contributed by atoms with E-state index in [0.29, 0.717) is 11.8 Å². The van der Waals surface area contributed by atoms with Gasteiger partial charge in [-0.2, -0.15) is 0 Å². The molecule has 0 radical (unpaired) electrons. The van der Waals surface area contributed by atoms with Crippen LogP contribution < -0.4 is 16.0 Å². The summed E-state index contributed by atoms with van der Waals surface area (Å²) < 4.78 is 5.08. The molecule has 1 unspecified atom stereocenters. The highest BCUT2D eigenvalue weighted by atomic mass is 16.3. The van der Waals surface area contributed by atoms with E-state index in [1.165, 1.54) is 6.26 Å². The number of hydrogen-bond acceptors (Lipinski definition) is 5. The Hall–Kier alpha value is -1.86. The van der Waals surface area contributed by atoms with Crippen molar-refractivity contribution in [3.05, 3.63) is 24.2 Å². The molecular formula is C13H20N4O3. The van der Waals surface area contributed by atoms with E-state index in [-0.39, 0.29) is 19.0 Å². The molecule has 20 heavy (non-hydrogen) atoms. The van der Waals surface area contributed by atoms with Gasteiger partial charge in [0.25, 0.3) is 0 Å². The number of rotatable bonds is 4. The molecule has 1 aromatic heterocycles. The van der Waals surface area contributed by atoms with E-state index >= 15 is 0 Å². The van der Waals surface area contributed by atoms with E-state index in [4.69, 9.17) is 4.42 Å². The third-order valence-corrected chi connectivity index (χ3v) is 3.24. The number of carbonyl (C=O) groups is 2. The van der Waals surface area contributed by atoms with Crippen molar-refractivity contribution in [2.45, 2.75) is 19.5 Å². The van der Waals surface area contributed by atoms with Crippen molar-refractivity contribution < 1.29 is 14.0 Å². The summed E-state index contributed by atoms with van der Waals surface area (Å²) in [6.07, 6.45) is 1.53. The molecule has 1 atom stereocenters. The predicted octanol–water partition coefficient (Wildman–Crippen LogP) is -0.101. The molecule has 0 bridgehead atoms. The quantitative estimate of drug-likeness (QED) is 0.717. The summed E-state index contributed by atoms with van der Waals surface area (Å²) in [4.78, 5) is 25.4. The average Bonchev–Trinajstić information content (AvgIpc) is 2.92. The van der Waals surface area contributed by atoms with Crippen molar-refractivity contribution in [1.82, 2.24) is 20.9 Å². The molecule has 1 aliphatic rings. The Kier molecular flexibility index (Phi) is 5.14. The van der Waals surface area contributed by atoms with Crippen LogP contribution in [0, 0.1) is 0 Å². The molecule has 1 fully saturated rings. The van der Waals surface area contributed by atoms with E-state index in [1.54, 1.807) is 12.1 Å². The minimum atomic E-state index is -0.505. The zero-order chi connectivity index (χ0) is 14.4. The molecule has 110 valence electrons. The molecule has 0 saturated carbocycles. The number of piperazine rings is 1. The zero-order valence-corrected chi connectivity index (χ0v) is 11.5. The molecule has 2 rings (SSSR count). The largest absolute Gasteiger partial charge is 0.467 e. The number of imide groups is 1. The lowest BCUT2D eigenvalue weighted by Gasteiger charge is -2.33. The highest BCUT2D eigenvalue weighted by Gasteiger charge is 2.20. The van der Waals surface area contributed by atoms with Crippen molar-refractivity contribution in [1.29, 1.82) is 0 Å². The minimum Gasteiger partial charge on any atom is -0.467 e. The second kappa shape index (κ2) is 7.06. The Morgan fingerprint density at radius 2 is 2.40 bits per heavy atom. The van der Waals surface area contributed by atoms with Crippen molar-refractivity contribution in [2.24, 2.45) is 0 Å². The third kappa shape index (κ3) is 4.36. The summed E-state index contributed by atoms with van der Waals surface area (Å²) in [7, 11) is 0. The van der Waals surface area contributed by atoms with Crippen LogP contribution in [0.1, 0.15) is 12.7 Å². The fourth-order valence-corrected chi connectivity index (χ4v) is 2.09. The molecule has 2 heterocycles. The first kappa shape index (κ1) is 14.5. The zero-order valence-electron chi connectivity index (χ0n) is 11.5. The highest BCUT2D eigenvalue weighted by molar-refractivity contribution is 5.95. The van der Waals surface area contributed by atoms with Gasteiger partial charge in [-0.3, -0.25) is 15.0 Å². The number of carbonyl (C=O) groups excluding carboxylic acids is 2. The van der Waals surface area contributed by atoms with Gasteiger partial charge in [0.2, 0.25) is 5.91 Å².